The molecule has 13 heavy (non-hydrogen) atoms. The Kier molecular flexibility index (Phi) is 3.33. The minimum atomic E-state index is -0.583. The first-order chi connectivity index (χ1) is 6.24. The van der Waals surface area contributed by atoms with E-state index >= 15 is 0 Å². The topological polar surface area (TPSA) is 46.4 Å². The van der Waals surface area contributed by atoms with Crippen LogP contribution in [0.5, 0.6) is 0 Å². The second-order valence-electron chi connectivity index (χ2n) is 2.37. The zero-order chi connectivity index (χ0) is 9.68. The molecule has 0 aromatic heterocycles. The molecule has 0 amide bonds. The molecule has 0 unspecified atom stereocenters. The average molecular weight is 195 g/mol. The average Bonchev–Trinajstić information content (AvgIpc) is 2.15. The Bertz CT molecular complexity index is 302. The Morgan fingerprint density at radius 2 is 2.08 bits per heavy atom. The number of nitro groups is 1. The van der Waals surface area contributed by atoms with Gasteiger partial charge in [0.25, 0.3) is 0 Å². The van der Waals surface area contributed by atoms with Crippen LogP contribution in [0.25, 0.3) is 0 Å². The van der Waals surface area contributed by atoms with E-state index in [-0.39, 0.29) is 6.54 Å². The quantitative estimate of drug-likeness (QED) is 0.316. The number of rotatable bonds is 4. The molecule has 0 aliphatic heterocycles. The SMILES string of the molecule is O=[N+]([O-])N([C]=S)Cc1ccccc1. The van der Waals surface area contributed by atoms with Crippen molar-refractivity contribution >= 4 is 17.7 Å². The highest BCUT2D eigenvalue weighted by Crippen LogP contribution is 2.02. The van der Waals surface area contributed by atoms with Crippen LogP contribution in [-0.2, 0) is 6.54 Å². The molecule has 1 rings (SSSR count). The van der Waals surface area contributed by atoms with Gasteiger partial charge < -0.3 is 0 Å². The van der Waals surface area contributed by atoms with Crippen molar-refractivity contribution in [1.82, 2.24) is 5.01 Å². The Morgan fingerprint density at radius 3 is 2.54 bits per heavy atom. The molecule has 0 atom stereocenters. The summed E-state index contributed by atoms with van der Waals surface area (Å²) in [5.74, 6) is 0. The van der Waals surface area contributed by atoms with Gasteiger partial charge >= 0.3 is 0 Å². The first-order valence-electron chi connectivity index (χ1n) is 3.57. The monoisotopic (exact) mass is 195 g/mol. The van der Waals surface area contributed by atoms with Crippen molar-refractivity contribution in [1.29, 1.82) is 0 Å². The van der Waals surface area contributed by atoms with E-state index in [0.29, 0.717) is 0 Å². The summed E-state index contributed by atoms with van der Waals surface area (Å²) in [5, 5.41) is 10.5. The van der Waals surface area contributed by atoms with Crippen LogP contribution in [0.2, 0.25) is 0 Å². The molecule has 5 heteroatoms. The lowest BCUT2D eigenvalue weighted by Crippen LogP contribution is -2.26. The third-order valence-corrected chi connectivity index (χ3v) is 1.69. The summed E-state index contributed by atoms with van der Waals surface area (Å²) in [6, 6.07) is 9.07. The highest BCUT2D eigenvalue weighted by molar-refractivity contribution is 7.78. The Balaban J connectivity index is 2.67. The number of benzene rings is 1. The van der Waals surface area contributed by atoms with Gasteiger partial charge in [-0.15, -0.1) is 0 Å². The minimum Gasteiger partial charge on any atom is -0.234 e. The fourth-order valence-electron chi connectivity index (χ4n) is 0.880. The van der Waals surface area contributed by atoms with Crippen molar-refractivity contribution in [3.8, 4) is 0 Å². The summed E-state index contributed by atoms with van der Waals surface area (Å²) in [6.07, 6.45) is 0. The van der Waals surface area contributed by atoms with Crippen molar-refractivity contribution in [3.63, 3.8) is 0 Å². The van der Waals surface area contributed by atoms with E-state index in [1.54, 1.807) is 12.1 Å². The Labute approximate surface area is 80.9 Å². The molecule has 0 spiro atoms. The van der Waals surface area contributed by atoms with E-state index in [4.69, 9.17) is 0 Å². The van der Waals surface area contributed by atoms with Crippen LogP contribution in [0.15, 0.2) is 30.3 Å². The largest absolute Gasteiger partial charge is 0.234 e. The molecule has 0 saturated heterocycles. The number of hydrogen-bond donors (Lipinski definition) is 0. The molecular formula is C8H7N2O2S. The molecule has 0 aliphatic carbocycles. The summed E-state index contributed by atoms with van der Waals surface area (Å²) >= 11 is 4.38. The van der Waals surface area contributed by atoms with Crippen molar-refractivity contribution < 1.29 is 5.03 Å². The molecule has 1 aromatic carbocycles. The maximum Gasteiger partial charge on any atom is 0.208 e. The van der Waals surface area contributed by atoms with E-state index in [9.17, 15) is 10.1 Å². The van der Waals surface area contributed by atoms with Crippen molar-refractivity contribution in [2.75, 3.05) is 0 Å². The van der Waals surface area contributed by atoms with Gasteiger partial charge in [-0.3, -0.25) is 0 Å². The second-order valence-corrected chi connectivity index (χ2v) is 2.55. The summed E-state index contributed by atoms with van der Waals surface area (Å²) in [4.78, 5) is 10.3. The summed E-state index contributed by atoms with van der Waals surface area (Å²) in [5.41, 5.74) is 2.90. The van der Waals surface area contributed by atoms with Crippen LogP contribution in [-0.4, -0.2) is 15.5 Å². The van der Waals surface area contributed by atoms with E-state index in [2.05, 4.69) is 17.7 Å². The standard InChI is InChI=1S/C8H7N2O2S/c11-10(12)9(7-13)6-8-4-2-1-3-5-8/h1-5H,6H2. The molecule has 0 heterocycles. The van der Waals surface area contributed by atoms with Gasteiger partial charge in [0, 0.05) is 0 Å². The van der Waals surface area contributed by atoms with E-state index in [0.717, 1.165) is 10.6 Å². The first kappa shape index (κ1) is 9.60. The number of thiocarbonyl (C=S) groups is 1. The van der Waals surface area contributed by atoms with Crippen LogP contribution in [0.1, 0.15) is 5.56 Å². The van der Waals surface area contributed by atoms with Gasteiger partial charge in [0.05, 0.1) is 0 Å². The van der Waals surface area contributed by atoms with Gasteiger partial charge in [-0.05, 0) is 5.56 Å². The zero-order valence-corrected chi connectivity index (χ0v) is 7.53. The van der Waals surface area contributed by atoms with Gasteiger partial charge in [0.15, 0.2) is 5.03 Å². The summed E-state index contributed by atoms with van der Waals surface area (Å²) in [7, 11) is 0. The van der Waals surface area contributed by atoms with Gasteiger partial charge in [-0.1, -0.05) is 47.6 Å². The van der Waals surface area contributed by atoms with Crippen molar-refractivity contribution in [2.24, 2.45) is 0 Å². The third kappa shape index (κ3) is 2.79. The Morgan fingerprint density at radius 1 is 1.46 bits per heavy atom. The lowest BCUT2D eigenvalue weighted by atomic mass is 10.2. The van der Waals surface area contributed by atoms with Gasteiger partial charge in [-0.2, -0.15) is 0 Å². The van der Waals surface area contributed by atoms with E-state index in [1.165, 1.54) is 0 Å². The predicted molar refractivity (Wildman–Crippen MR) is 51.6 cm³/mol. The lowest BCUT2D eigenvalue weighted by Gasteiger charge is -2.06. The second kappa shape index (κ2) is 4.51. The van der Waals surface area contributed by atoms with Crippen LogP contribution in [0.4, 0.5) is 0 Å². The third-order valence-electron chi connectivity index (χ3n) is 1.48. The lowest BCUT2D eigenvalue weighted by molar-refractivity contribution is -0.630. The van der Waals surface area contributed by atoms with E-state index < -0.39 is 5.03 Å². The van der Waals surface area contributed by atoms with Crippen LogP contribution < -0.4 is 0 Å². The molecule has 0 bridgehead atoms. The van der Waals surface area contributed by atoms with Crippen LogP contribution in [0.3, 0.4) is 0 Å². The van der Waals surface area contributed by atoms with Gasteiger partial charge in [0.1, 0.15) is 6.54 Å². The highest BCUT2D eigenvalue weighted by atomic mass is 32.1. The maximum atomic E-state index is 10.3. The first-order valence-corrected chi connectivity index (χ1v) is 3.98. The number of hydrazine groups is 1. The smallest absolute Gasteiger partial charge is 0.208 e. The molecule has 0 aliphatic rings. The number of hydrogen-bond acceptors (Lipinski definition) is 3. The minimum absolute atomic E-state index is 0.150. The van der Waals surface area contributed by atoms with Crippen LogP contribution in [0, 0.1) is 10.1 Å². The number of nitrogens with zero attached hydrogens (tertiary/aromatic N) is 2. The van der Waals surface area contributed by atoms with Crippen LogP contribution >= 0.6 is 12.2 Å². The fourth-order valence-corrected chi connectivity index (χ4v) is 1.01. The normalized spacial score (nSPS) is 9.23. The molecule has 1 aromatic rings. The van der Waals surface area contributed by atoms with E-state index in [1.807, 2.05) is 18.2 Å². The van der Waals surface area contributed by atoms with Gasteiger partial charge in [0.2, 0.25) is 5.49 Å². The highest BCUT2D eigenvalue weighted by Gasteiger charge is 2.11. The zero-order valence-electron chi connectivity index (χ0n) is 6.71. The maximum absolute atomic E-state index is 10.3. The molecule has 67 valence electrons. The molecule has 0 fully saturated rings. The molecule has 0 N–H and O–H groups in total. The predicted octanol–water partition coefficient (Wildman–Crippen LogP) is 1.51. The van der Waals surface area contributed by atoms with Crippen molar-refractivity contribution in [3.05, 3.63) is 46.0 Å². The summed E-state index contributed by atoms with van der Waals surface area (Å²) in [6.45, 7) is 0.150. The van der Waals surface area contributed by atoms with Gasteiger partial charge in [-0.25, -0.2) is 10.1 Å². The summed E-state index contributed by atoms with van der Waals surface area (Å²) < 4.78 is 0. The Hall–Kier alpha value is -1.49. The molecule has 1 radical (unpaired) electrons. The fraction of sp³-hybridized carbons (Fsp3) is 0.125. The molecular weight excluding hydrogens is 188 g/mol. The molecule has 0 saturated carbocycles. The molecule has 4 nitrogen and oxygen atoms in total. The van der Waals surface area contributed by atoms with Crippen molar-refractivity contribution in [2.45, 2.75) is 6.54 Å².